The Kier molecular flexibility index (Phi) is 13.3. The van der Waals surface area contributed by atoms with Crippen molar-refractivity contribution in [2.45, 2.75) is 85.5 Å². The van der Waals surface area contributed by atoms with E-state index in [4.69, 9.17) is 4.74 Å². The van der Waals surface area contributed by atoms with Crippen LogP contribution < -0.4 is 16.0 Å². The lowest BCUT2D eigenvalue weighted by atomic mass is 10.1. The highest BCUT2D eigenvalue weighted by Crippen LogP contribution is 2.09. The monoisotopic (exact) mass is 499 g/mol. The third-order valence-corrected chi connectivity index (χ3v) is 3.75. The minimum atomic E-state index is -0.510. The predicted octanol–water partition coefficient (Wildman–Crippen LogP) is 3.19. The molecule has 0 aliphatic rings. The van der Waals surface area contributed by atoms with E-state index < -0.39 is 17.2 Å². The van der Waals surface area contributed by atoms with Gasteiger partial charge in [0.25, 0.3) is 0 Å². The van der Waals surface area contributed by atoms with Crippen molar-refractivity contribution in [2.75, 3.05) is 26.7 Å². The molecule has 0 rings (SSSR count). The molecule has 162 valence electrons. The number of halogens is 1. The summed E-state index contributed by atoms with van der Waals surface area (Å²) in [6.45, 7) is 20.5. The number of carbonyl (C=O) groups is 1. The summed E-state index contributed by atoms with van der Waals surface area (Å²) in [7, 11) is 1.74. The van der Waals surface area contributed by atoms with Gasteiger partial charge in [-0.3, -0.25) is 9.89 Å². The molecular weight excluding hydrogens is 457 g/mol. The van der Waals surface area contributed by atoms with Crippen LogP contribution in [0.2, 0.25) is 0 Å². The van der Waals surface area contributed by atoms with E-state index in [9.17, 15) is 4.79 Å². The first-order valence-electron chi connectivity index (χ1n) is 9.49. The standard InChI is InChI=1S/C19H41N5O2.HI/c1-14(2)24(15(3)4)12-11-21-16(20-10)22-13-19(8,9)23-17(25)26-18(5,6)7;/h14-15H,11-13H2,1-10H3,(H,23,25)(H2,20,21,22);1H. The van der Waals surface area contributed by atoms with Crippen molar-refractivity contribution >= 4 is 36.0 Å². The third kappa shape index (κ3) is 14.0. The van der Waals surface area contributed by atoms with Crippen LogP contribution in [-0.2, 0) is 4.74 Å². The Morgan fingerprint density at radius 1 is 1.04 bits per heavy atom. The zero-order valence-corrected chi connectivity index (χ0v) is 21.2. The minimum Gasteiger partial charge on any atom is -0.444 e. The smallest absolute Gasteiger partial charge is 0.408 e. The second kappa shape index (κ2) is 12.6. The number of alkyl carbamates (subject to hydrolysis) is 1. The van der Waals surface area contributed by atoms with Gasteiger partial charge in [-0.1, -0.05) is 0 Å². The topological polar surface area (TPSA) is 78.0 Å². The molecule has 0 aromatic carbocycles. The van der Waals surface area contributed by atoms with Crippen LogP contribution in [0, 0.1) is 0 Å². The molecular formula is C19H42IN5O2. The number of rotatable bonds is 8. The largest absolute Gasteiger partial charge is 0.444 e. The molecule has 0 unspecified atom stereocenters. The Labute approximate surface area is 183 Å². The Bertz CT molecular complexity index is 452. The lowest BCUT2D eigenvalue weighted by molar-refractivity contribution is 0.0474. The van der Waals surface area contributed by atoms with E-state index in [-0.39, 0.29) is 24.0 Å². The molecule has 3 N–H and O–H groups in total. The number of carbonyl (C=O) groups excluding carboxylic acids is 1. The molecule has 8 heteroatoms. The normalized spacial score (nSPS) is 12.9. The first-order chi connectivity index (χ1) is 11.8. The molecule has 0 bridgehead atoms. The van der Waals surface area contributed by atoms with Crippen molar-refractivity contribution in [3.8, 4) is 0 Å². The zero-order chi connectivity index (χ0) is 20.5. The average molecular weight is 499 g/mol. The van der Waals surface area contributed by atoms with Gasteiger partial charge < -0.3 is 20.7 Å². The van der Waals surface area contributed by atoms with Crippen molar-refractivity contribution in [3.05, 3.63) is 0 Å². The van der Waals surface area contributed by atoms with Gasteiger partial charge in [-0.2, -0.15) is 0 Å². The number of amides is 1. The lowest BCUT2D eigenvalue weighted by Gasteiger charge is -2.31. The maximum atomic E-state index is 12.0. The fourth-order valence-corrected chi connectivity index (χ4v) is 2.57. The van der Waals surface area contributed by atoms with Gasteiger partial charge in [0.2, 0.25) is 0 Å². The number of hydrogen-bond acceptors (Lipinski definition) is 4. The molecule has 0 saturated carbocycles. The maximum Gasteiger partial charge on any atom is 0.408 e. The number of ether oxygens (including phenoxy) is 1. The minimum absolute atomic E-state index is 0. The van der Waals surface area contributed by atoms with Crippen LogP contribution in [0.3, 0.4) is 0 Å². The van der Waals surface area contributed by atoms with E-state index in [1.165, 1.54) is 0 Å². The summed E-state index contributed by atoms with van der Waals surface area (Å²) in [5, 5.41) is 9.47. The molecule has 0 spiro atoms. The van der Waals surface area contributed by atoms with E-state index in [1.807, 2.05) is 34.6 Å². The molecule has 27 heavy (non-hydrogen) atoms. The van der Waals surface area contributed by atoms with Gasteiger partial charge in [0.15, 0.2) is 5.96 Å². The Balaban J connectivity index is 0. The van der Waals surface area contributed by atoms with Crippen LogP contribution in [0.15, 0.2) is 4.99 Å². The molecule has 0 radical (unpaired) electrons. The second-order valence-corrected chi connectivity index (χ2v) is 8.79. The number of nitrogens with zero attached hydrogens (tertiary/aromatic N) is 2. The molecule has 0 aliphatic heterocycles. The van der Waals surface area contributed by atoms with Gasteiger partial charge in [-0.15, -0.1) is 24.0 Å². The SMILES string of the molecule is CN=C(NCCN(C(C)C)C(C)C)NCC(C)(C)NC(=O)OC(C)(C)C.I. The molecule has 0 aliphatic carbocycles. The number of aliphatic imine (C=N–C) groups is 1. The van der Waals surface area contributed by atoms with Crippen LogP contribution in [0.25, 0.3) is 0 Å². The van der Waals surface area contributed by atoms with E-state index >= 15 is 0 Å². The van der Waals surface area contributed by atoms with E-state index in [0.29, 0.717) is 18.6 Å². The van der Waals surface area contributed by atoms with E-state index in [1.54, 1.807) is 7.05 Å². The van der Waals surface area contributed by atoms with Crippen molar-refractivity contribution in [1.82, 2.24) is 20.9 Å². The van der Waals surface area contributed by atoms with Gasteiger partial charge in [0, 0.05) is 38.8 Å². The summed E-state index contributed by atoms with van der Waals surface area (Å²) >= 11 is 0. The second-order valence-electron chi connectivity index (χ2n) is 8.79. The van der Waals surface area contributed by atoms with Gasteiger partial charge in [0.05, 0.1) is 5.54 Å². The highest BCUT2D eigenvalue weighted by molar-refractivity contribution is 14.0. The quantitative estimate of drug-likeness (QED) is 0.272. The summed E-state index contributed by atoms with van der Waals surface area (Å²) in [6, 6.07) is 1.01. The Morgan fingerprint density at radius 3 is 1.96 bits per heavy atom. The highest BCUT2D eigenvalue weighted by atomic mass is 127. The molecule has 0 aromatic heterocycles. The van der Waals surface area contributed by atoms with Crippen LogP contribution in [0.5, 0.6) is 0 Å². The van der Waals surface area contributed by atoms with Crippen LogP contribution >= 0.6 is 24.0 Å². The lowest BCUT2D eigenvalue weighted by Crippen LogP contribution is -2.54. The average Bonchev–Trinajstić information content (AvgIpc) is 2.42. The number of hydrogen-bond donors (Lipinski definition) is 3. The molecule has 0 saturated heterocycles. The van der Waals surface area contributed by atoms with Crippen molar-refractivity contribution in [3.63, 3.8) is 0 Å². The first kappa shape index (κ1) is 28.4. The van der Waals surface area contributed by atoms with Crippen LogP contribution in [-0.4, -0.2) is 66.9 Å². The molecule has 0 atom stereocenters. The van der Waals surface area contributed by atoms with E-state index in [2.05, 4.69) is 53.5 Å². The van der Waals surface area contributed by atoms with Crippen molar-refractivity contribution in [1.29, 1.82) is 0 Å². The predicted molar refractivity (Wildman–Crippen MR) is 125 cm³/mol. The summed E-state index contributed by atoms with van der Waals surface area (Å²) < 4.78 is 5.31. The van der Waals surface area contributed by atoms with Gasteiger partial charge in [0.1, 0.15) is 5.60 Å². The molecule has 0 heterocycles. The molecule has 0 aromatic rings. The van der Waals surface area contributed by atoms with E-state index in [0.717, 1.165) is 19.0 Å². The fraction of sp³-hybridized carbons (Fsp3) is 0.895. The molecule has 7 nitrogen and oxygen atoms in total. The highest BCUT2D eigenvalue weighted by Gasteiger charge is 2.24. The number of nitrogens with one attached hydrogen (secondary N) is 3. The summed E-state index contributed by atoms with van der Waals surface area (Å²) in [6.07, 6.45) is -0.420. The van der Waals surface area contributed by atoms with Crippen LogP contribution in [0.1, 0.15) is 62.3 Å². The summed E-state index contributed by atoms with van der Waals surface area (Å²) in [4.78, 5) is 18.6. The summed E-state index contributed by atoms with van der Waals surface area (Å²) in [5.41, 5.74) is -0.980. The first-order valence-corrected chi connectivity index (χ1v) is 9.49. The Hall–Kier alpha value is -0.770. The zero-order valence-electron chi connectivity index (χ0n) is 18.9. The van der Waals surface area contributed by atoms with Gasteiger partial charge in [-0.25, -0.2) is 4.79 Å². The third-order valence-electron chi connectivity index (χ3n) is 3.75. The fourth-order valence-electron chi connectivity index (χ4n) is 2.57. The number of guanidine groups is 1. The van der Waals surface area contributed by atoms with Crippen LogP contribution in [0.4, 0.5) is 4.79 Å². The Morgan fingerprint density at radius 2 is 1.56 bits per heavy atom. The maximum absolute atomic E-state index is 12.0. The molecule has 0 fully saturated rings. The van der Waals surface area contributed by atoms with Crippen molar-refractivity contribution < 1.29 is 9.53 Å². The molecule has 1 amide bonds. The van der Waals surface area contributed by atoms with Gasteiger partial charge >= 0.3 is 6.09 Å². The summed E-state index contributed by atoms with van der Waals surface area (Å²) in [5.74, 6) is 0.719. The van der Waals surface area contributed by atoms with Crippen molar-refractivity contribution in [2.24, 2.45) is 4.99 Å². The van der Waals surface area contributed by atoms with Gasteiger partial charge in [-0.05, 0) is 62.3 Å².